The molecule has 2 aliphatic heterocycles. The Morgan fingerprint density at radius 3 is 2.58 bits per heavy atom. The fourth-order valence-corrected chi connectivity index (χ4v) is 2.74. The molecular formula is C15H24N2O2. The molecule has 0 spiro atoms. The Bertz CT molecular complexity index is 408. The predicted molar refractivity (Wildman–Crippen MR) is 75.7 cm³/mol. The van der Waals surface area contributed by atoms with Gasteiger partial charge >= 0.3 is 0 Å². The standard InChI is InChI=1S/C15H24N2O2/c1-4-12-6-7-15(3,19-13(12)5-2)14(18)17-10-8-16-9-11-17/h4-5,16H,6-11H2,1-3H3/b12-4+,13-5-. The van der Waals surface area contributed by atoms with Crippen molar-refractivity contribution in [1.29, 1.82) is 0 Å². The smallest absolute Gasteiger partial charge is 0.266 e. The van der Waals surface area contributed by atoms with E-state index in [1.54, 1.807) is 0 Å². The largest absolute Gasteiger partial charge is 0.478 e. The number of rotatable bonds is 1. The van der Waals surface area contributed by atoms with Crippen molar-refractivity contribution in [2.75, 3.05) is 26.2 Å². The summed E-state index contributed by atoms with van der Waals surface area (Å²) in [5.74, 6) is 0.989. The van der Waals surface area contributed by atoms with E-state index in [2.05, 4.69) is 11.4 Å². The van der Waals surface area contributed by atoms with Crippen molar-refractivity contribution in [2.24, 2.45) is 0 Å². The highest BCUT2D eigenvalue weighted by atomic mass is 16.5. The van der Waals surface area contributed by atoms with Gasteiger partial charge in [-0.2, -0.15) is 0 Å². The van der Waals surface area contributed by atoms with E-state index in [0.29, 0.717) is 0 Å². The lowest BCUT2D eigenvalue weighted by Crippen LogP contribution is -2.55. The van der Waals surface area contributed by atoms with E-state index in [-0.39, 0.29) is 5.91 Å². The molecule has 2 fully saturated rings. The fraction of sp³-hybridized carbons (Fsp3) is 0.667. The molecule has 2 rings (SSSR count). The Kier molecular flexibility index (Phi) is 4.30. The molecule has 2 aliphatic rings. The van der Waals surface area contributed by atoms with Crippen molar-refractivity contribution < 1.29 is 9.53 Å². The number of ether oxygens (including phenoxy) is 1. The minimum Gasteiger partial charge on any atom is -0.478 e. The molecule has 0 aliphatic carbocycles. The molecule has 0 saturated carbocycles. The van der Waals surface area contributed by atoms with Crippen molar-refractivity contribution in [2.45, 2.75) is 39.2 Å². The van der Waals surface area contributed by atoms with Crippen LogP contribution in [0.25, 0.3) is 0 Å². The Hall–Kier alpha value is -1.29. The molecule has 0 aromatic heterocycles. The average molecular weight is 264 g/mol. The zero-order chi connectivity index (χ0) is 13.9. The average Bonchev–Trinajstić information content (AvgIpc) is 2.47. The summed E-state index contributed by atoms with van der Waals surface area (Å²) in [7, 11) is 0. The molecule has 0 aromatic carbocycles. The maximum Gasteiger partial charge on any atom is 0.266 e. The van der Waals surface area contributed by atoms with Crippen LogP contribution in [0.1, 0.15) is 33.6 Å². The number of amides is 1. The van der Waals surface area contributed by atoms with Crippen LogP contribution >= 0.6 is 0 Å². The van der Waals surface area contributed by atoms with Gasteiger partial charge in [0, 0.05) is 32.6 Å². The topological polar surface area (TPSA) is 41.6 Å². The van der Waals surface area contributed by atoms with Gasteiger partial charge in [-0.1, -0.05) is 6.08 Å². The van der Waals surface area contributed by atoms with E-state index in [1.165, 1.54) is 5.57 Å². The lowest BCUT2D eigenvalue weighted by molar-refractivity contribution is -0.154. The first-order chi connectivity index (χ1) is 9.10. The third-order valence-electron chi connectivity index (χ3n) is 3.99. The maximum absolute atomic E-state index is 12.7. The van der Waals surface area contributed by atoms with Crippen LogP contribution in [-0.4, -0.2) is 42.6 Å². The number of piperazine rings is 1. The summed E-state index contributed by atoms with van der Waals surface area (Å²) >= 11 is 0. The van der Waals surface area contributed by atoms with Crippen LogP contribution in [0.4, 0.5) is 0 Å². The molecule has 1 atom stereocenters. The minimum atomic E-state index is -0.703. The highest BCUT2D eigenvalue weighted by molar-refractivity contribution is 5.85. The monoisotopic (exact) mass is 264 g/mol. The van der Waals surface area contributed by atoms with Gasteiger partial charge in [-0.3, -0.25) is 4.79 Å². The molecule has 0 radical (unpaired) electrons. The highest BCUT2D eigenvalue weighted by Crippen LogP contribution is 2.35. The molecule has 1 amide bonds. The molecule has 2 saturated heterocycles. The Labute approximate surface area is 115 Å². The summed E-state index contributed by atoms with van der Waals surface area (Å²) in [5, 5.41) is 3.27. The van der Waals surface area contributed by atoms with Crippen LogP contribution in [0, 0.1) is 0 Å². The van der Waals surface area contributed by atoms with E-state index >= 15 is 0 Å². The quantitative estimate of drug-likeness (QED) is 0.785. The molecular weight excluding hydrogens is 240 g/mol. The summed E-state index contributed by atoms with van der Waals surface area (Å²) in [6.45, 7) is 9.20. The van der Waals surface area contributed by atoms with Crippen molar-refractivity contribution in [3.63, 3.8) is 0 Å². The second-order valence-electron chi connectivity index (χ2n) is 5.34. The zero-order valence-corrected chi connectivity index (χ0v) is 12.2. The van der Waals surface area contributed by atoms with Crippen molar-refractivity contribution in [1.82, 2.24) is 10.2 Å². The number of carbonyl (C=O) groups is 1. The highest BCUT2D eigenvalue weighted by Gasteiger charge is 2.42. The van der Waals surface area contributed by atoms with Gasteiger partial charge in [-0.05, 0) is 38.8 Å². The summed E-state index contributed by atoms with van der Waals surface area (Å²) in [6, 6.07) is 0. The van der Waals surface area contributed by atoms with Crippen molar-refractivity contribution >= 4 is 5.91 Å². The first kappa shape index (κ1) is 14.1. The molecule has 0 bridgehead atoms. The number of nitrogens with one attached hydrogen (secondary N) is 1. The third-order valence-corrected chi connectivity index (χ3v) is 3.99. The molecule has 4 heteroatoms. The van der Waals surface area contributed by atoms with Crippen LogP contribution in [-0.2, 0) is 9.53 Å². The number of allylic oxidation sites excluding steroid dienone is 3. The number of hydrogen-bond donors (Lipinski definition) is 1. The van der Waals surface area contributed by atoms with Gasteiger partial charge < -0.3 is 15.0 Å². The van der Waals surface area contributed by atoms with Gasteiger partial charge in [-0.15, -0.1) is 0 Å². The molecule has 106 valence electrons. The minimum absolute atomic E-state index is 0.128. The van der Waals surface area contributed by atoms with Crippen molar-refractivity contribution in [3.8, 4) is 0 Å². The lowest BCUT2D eigenvalue weighted by Gasteiger charge is -2.40. The molecule has 1 unspecified atom stereocenters. The van der Waals surface area contributed by atoms with Gasteiger partial charge in [0.2, 0.25) is 0 Å². The van der Waals surface area contributed by atoms with Crippen LogP contribution in [0.2, 0.25) is 0 Å². The van der Waals surface area contributed by atoms with E-state index in [9.17, 15) is 4.79 Å². The van der Waals surface area contributed by atoms with Crippen LogP contribution in [0.15, 0.2) is 23.5 Å². The Morgan fingerprint density at radius 2 is 2.00 bits per heavy atom. The van der Waals surface area contributed by atoms with E-state index < -0.39 is 5.60 Å². The molecule has 4 nitrogen and oxygen atoms in total. The van der Waals surface area contributed by atoms with E-state index in [1.807, 2.05) is 31.7 Å². The first-order valence-corrected chi connectivity index (χ1v) is 7.11. The van der Waals surface area contributed by atoms with Gasteiger partial charge in [0.05, 0.1) is 0 Å². The lowest BCUT2D eigenvalue weighted by atomic mass is 9.90. The number of carbonyl (C=O) groups excluding carboxylic acids is 1. The van der Waals surface area contributed by atoms with E-state index in [4.69, 9.17) is 4.74 Å². The second-order valence-corrected chi connectivity index (χ2v) is 5.34. The maximum atomic E-state index is 12.7. The summed E-state index contributed by atoms with van der Waals surface area (Å²) in [5.41, 5.74) is 0.499. The SMILES string of the molecule is C/C=C1\OC(C)(C(=O)N2CCNCC2)CC\C1=C/C. The normalized spacial score (nSPS) is 32.5. The summed E-state index contributed by atoms with van der Waals surface area (Å²) in [6.07, 6.45) is 5.69. The number of nitrogens with zero attached hydrogens (tertiary/aromatic N) is 1. The van der Waals surface area contributed by atoms with Crippen LogP contribution in [0.3, 0.4) is 0 Å². The van der Waals surface area contributed by atoms with Crippen LogP contribution < -0.4 is 5.32 Å². The predicted octanol–water partition coefficient (Wildman–Crippen LogP) is 1.84. The van der Waals surface area contributed by atoms with Gasteiger partial charge in [0.15, 0.2) is 5.60 Å². The molecule has 2 heterocycles. The van der Waals surface area contributed by atoms with E-state index in [0.717, 1.165) is 44.8 Å². The fourth-order valence-electron chi connectivity index (χ4n) is 2.74. The summed E-state index contributed by atoms with van der Waals surface area (Å²) < 4.78 is 6.02. The van der Waals surface area contributed by atoms with Gasteiger partial charge in [-0.25, -0.2) is 0 Å². The Balaban J connectivity index is 2.12. The second kappa shape index (κ2) is 5.78. The number of hydrogen-bond acceptors (Lipinski definition) is 3. The Morgan fingerprint density at radius 1 is 1.32 bits per heavy atom. The zero-order valence-electron chi connectivity index (χ0n) is 12.2. The van der Waals surface area contributed by atoms with Gasteiger partial charge in [0.1, 0.15) is 5.76 Å². The third kappa shape index (κ3) is 2.84. The molecule has 0 aromatic rings. The van der Waals surface area contributed by atoms with Crippen LogP contribution in [0.5, 0.6) is 0 Å². The first-order valence-electron chi connectivity index (χ1n) is 7.11. The van der Waals surface area contributed by atoms with Gasteiger partial charge in [0.25, 0.3) is 5.91 Å². The summed E-state index contributed by atoms with van der Waals surface area (Å²) in [4.78, 5) is 14.6. The molecule has 19 heavy (non-hydrogen) atoms. The van der Waals surface area contributed by atoms with Crippen molar-refractivity contribution in [3.05, 3.63) is 23.5 Å². The molecule has 1 N–H and O–H groups in total.